The van der Waals surface area contributed by atoms with E-state index < -0.39 is 5.54 Å². The van der Waals surface area contributed by atoms with Gasteiger partial charge >= 0.3 is 0 Å². The Morgan fingerprint density at radius 3 is 2.48 bits per heavy atom. The van der Waals surface area contributed by atoms with Crippen molar-refractivity contribution in [2.45, 2.75) is 32.7 Å². The van der Waals surface area contributed by atoms with Crippen LogP contribution in [0.4, 0.5) is 11.4 Å². The van der Waals surface area contributed by atoms with E-state index in [2.05, 4.69) is 38.3 Å². The molecule has 4 rings (SSSR count). The predicted molar refractivity (Wildman–Crippen MR) is 114 cm³/mol. The SMILES string of the molecule is CCCOc1ccc(N2CC3(C)NN(c4ccc(C)cc4)C=C3C2=O)cc1OC. The molecule has 6 nitrogen and oxygen atoms in total. The number of benzene rings is 2. The van der Waals surface area contributed by atoms with Gasteiger partial charge in [-0.15, -0.1) is 0 Å². The van der Waals surface area contributed by atoms with Crippen molar-refractivity contribution in [3.63, 3.8) is 0 Å². The van der Waals surface area contributed by atoms with Crippen LogP contribution in [0.15, 0.2) is 54.2 Å². The quantitative estimate of drug-likeness (QED) is 0.809. The van der Waals surface area contributed by atoms with E-state index in [9.17, 15) is 4.79 Å². The molecule has 1 saturated heterocycles. The number of anilines is 2. The summed E-state index contributed by atoms with van der Waals surface area (Å²) in [5.41, 5.74) is 6.80. The number of nitrogens with zero attached hydrogens (tertiary/aromatic N) is 2. The number of methoxy groups -OCH3 is 1. The molecule has 1 amide bonds. The van der Waals surface area contributed by atoms with Crippen molar-refractivity contribution in [2.24, 2.45) is 0 Å². The van der Waals surface area contributed by atoms with E-state index in [0.29, 0.717) is 24.7 Å². The zero-order valence-electron chi connectivity index (χ0n) is 17.4. The second-order valence-electron chi connectivity index (χ2n) is 7.77. The van der Waals surface area contributed by atoms with Gasteiger partial charge in [0.15, 0.2) is 11.5 Å². The maximum Gasteiger partial charge on any atom is 0.257 e. The van der Waals surface area contributed by atoms with Gasteiger partial charge in [-0.25, -0.2) is 5.43 Å². The van der Waals surface area contributed by atoms with Crippen molar-refractivity contribution in [3.05, 3.63) is 59.8 Å². The lowest BCUT2D eigenvalue weighted by Crippen LogP contribution is -2.48. The molecular weight excluding hydrogens is 366 g/mol. The van der Waals surface area contributed by atoms with Crippen molar-refractivity contribution in [1.82, 2.24) is 5.43 Å². The lowest BCUT2D eigenvalue weighted by atomic mass is 9.98. The van der Waals surface area contributed by atoms with Crippen LogP contribution < -0.4 is 24.8 Å². The molecule has 6 heteroatoms. The second-order valence-corrected chi connectivity index (χ2v) is 7.77. The van der Waals surface area contributed by atoms with Crippen LogP contribution >= 0.6 is 0 Å². The number of rotatable bonds is 6. The highest BCUT2D eigenvalue weighted by Gasteiger charge is 2.49. The van der Waals surface area contributed by atoms with E-state index >= 15 is 0 Å². The molecule has 0 aliphatic carbocycles. The highest BCUT2D eigenvalue weighted by Crippen LogP contribution is 2.39. The zero-order chi connectivity index (χ0) is 20.6. The van der Waals surface area contributed by atoms with Gasteiger partial charge in [-0.3, -0.25) is 9.80 Å². The number of hydrogen-bond donors (Lipinski definition) is 1. The molecule has 0 aromatic heterocycles. The third-order valence-corrected chi connectivity index (χ3v) is 5.40. The second kappa shape index (κ2) is 7.44. The highest BCUT2D eigenvalue weighted by molar-refractivity contribution is 6.11. The van der Waals surface area contributed by atoms with E-state index in [-0.39, 0.29) is 5.91 Å². The first-order chi connectivity index (χ1) is 13.9. The molecule has 1 fully saturated rings. The molecule has 1 unspecified atom stereocenters. The monoisotopic (exact) mass is 393 g/mol. The predicted octanol–water partition coefficient (Wildman–Crippen LogP) is 3.81. The number of aryl methyl sites for hydroxylation is 1. The summed E-state index contributed by atoms with van der Waals surface area (Å²) in [5, 5.41) is 1.94. The fraction of sp³-hybridized carbons (Fsp3) is 0.348. The Morgan fingerprint density at radius 1 is 1.10 bits per heavy atom. The molecule has 1 atom stereocenters. The topological polar surface area (TPSA) is 54.0 Å². The molecule has 0 radical (unpaired) electrons. The summed E-state index contributed by atoms with van der Waals surface area (Å²) in [5.74, 6) is 1.33. The molecule has 1 N–H and O–H groups in total. The third kappa shape index (κ3) is 3.44. The Balaban J connectivity index is 1.59. The Labute approximate surface area is 171 Å². The molecule has 0 bridgehead atoms. The van der Waals surface area contributed by atoms with Gasteiger partial charge in [-0.05, 0) is 44.5 Å². The van der Waals surface area contributed by atoms with Crippen LogP contribution in [-0.4, -0.2) is 31.7 Å². The van der Waals surface area contributed by atoms with Gasteiger partial charge in [0, 0.05) is 18.0 Å². The number of ether oxygens (including phenoxy) is 2. The van der Waals surface area contributed by atoms with Crippen LogP contribution in [0, 0.1) is 6.92 Å². The van der Waals surface area contributed by atoms with E-state index in [1.54, 1.807) is 12.0 Å². The largest absolute Gasteiger partial charge is 0.493 e. The normalized spacial score (nSPS) is 20.7. The number of amides is 1. The van der Waals surface area contributed by atoms with Crippen LogP contribution in [0.25, 0.3) is 0 Å². The molecule has 2 aliphatic rings. The Kier molecular flexibility index (Phi) is 4.96. The highest BCUT2D eigenvalue weighted by atomic mass is 16.5. The van der Waals surface area contributed by atoms with Crippen molar-refractivity contribution in [1.29, 1.82) is 0 Å². The van der Waals surface area contributed by atoms with Gasteiger partial charge in [0.2, 0.25) is 0 Å². The molecule has 0 saturated carbocycles. The molecule has 2 aromatic rings. The molecule has 2 heterocycles. The van der Waals surface area contributed by atoms with E-state index in [1.807, 2.05) is 41.5 Å². The molecule has 2 aliphatic heterocycles. The first-order valence-corrected chi connectivity index (χ1v) is 9.94. The van der Waals surface area contributed by atoms with Crippen LogP contribution in [0.1, 0.15) is 25.8 Å². The average Bonchev–Trinajstić information content (AvgIpc) is 3.19. The van der Waals surface area contributed by atoms with E-state index in [4.69, 9.17) is 9.47 Å². The smallest absolute Gasteiger partial charge is 0.257 e. The fourth-order valence-corrected chi connectivity index (χ4v) is 3.78. The maximum atomic E-state index is 13.2. The number of nitrogens with one attached hydrogen (secondary N) is 1. The summed E-state index contributed by atoms with van der Waals surface area (Å²) in [6.07, 6.45) is 2.83. The van der Waals surface area contributed by atoms with Crippen molar-refractivity contribution < 1.29 is 14.3 Å². The van der Waals surface area contributed by atoms with Crippen LogP contribution in [0.5, 0.6) is 11.5 Å². The Hall–Kier alpha value is -2.99. The van der Waals surface area contributed by atoms with Gasteiger partial charge in [-0.1, -0.05) is 24.6 Å². The van der Waals surface area contributed by atoms with Crippen LogP contribution in [0.3, 0.4) is 0 Å². The van der Waals surface area contributed by atoms with Gasteiger partial charge in [0.25, 0.3) is 5.91 Å². The summed E-state index contributed by atoms with van der Waals surface area (Å²) in [6, 6.07) is 13.9. The minimum absolute atomic E-state index is 0.00103. The maximum absolute atomic E-state index is 13.2. The van der Waals surface area contributed by atoms with E-state index in [0.717, 1.165) is 23.4 Å². The lowest BCUT2D eigenvalue weighted by molar-refractivity contribution is -0.114. The molecule has 2 aromatic carbocycles. The van der Waals surface area contributed by atoms with E-state index in [1.165, 1.54) is 5.56 Å². The summed E-state index contributed by atoms with van der Waals surface area (Å²) < 4.78 is 11.2. The summed E-state index contributed by atoms with van der Waals surface area (Å²) in [6.45, 7) is 7.34. The first kappa shape index (κ1) is 19.3. The minimum atomic E-state index is -0.452. The fourth-order valence-electron chi connectivity index (χ4n) is 3.78. The van der Waals surface area contributed by atoms with Crippen molar-refractivity contribution >= 4 is 17.3 Å². The van der Waals surface area contributed by atoms with Gasteiger partial charge < -0.3 is 14.4 Å². The number of carbonyl (C=O) groups excluding carboxylic acids is 1. The number of hydrogen-bond acceptors (Lipinski definition) is 5. The van der Waals surface area contributed by atoms with Crippen LogP contribution in [0.2, 0.25) is 0 Å². The summed E-state index contributed by atoms with van der Waals surface area (Å²) in [4.78, 5) is 15.0. The molecule has 152 valence electrons. The lowest BCUT2D eigenvalue weighted by Gasteiger charge is -2.28. The summed E-state index contributed by atoms with van der Waals surface area (Å²) >= 11 is 0. The molecule has 0 spiro atoms. The Bertz CT molecular complexity index is 954. The minimum Gasteiger partial charge on any atom is -0.493 e. The zero-order valence-corrected chi connectivity index (χ0v) is 17.4. The first-order valence-electron chi connectivity index (χ1n) is 9.94. The van der Waals surface area contributed by atoms with Gasteiger partial charge in [-0.2, -0.15) is 0 Å². The number of hydrazine groups is 1. The molecule has 29 heavy (non-hydrogen) atoms. The molecular formula is C23H27N3O3. The van der Waals surface area contributed by atoms with Crippen molar-refractivity contribution in [3.8, 4) is 11.5 Å². The Morgan fingerprint density at radius 2 is 1.83 bits per heavy atom. The van der Waals surface area contributed by atoms with Crippen molar-refractivity contribution in [2.75, 3.05) is 30.2 Å². The number of carbonyl (C=O) groups is 1. The summed E-state index contributed by atoms with van der Waals surface area (Å²) in [7, 11) is 1.61. The third-order valence-electron chi connectivity index (χ3n) is 5.40. The van der Waals surface area contributed by atoms with Gasteiger partial charge in [0.1, 0.15) is 0 Å². The number of fused-ring (bicyclic) bond motifs is 1. The van der Waals surface area contributed by atoms with Crippen LogP contribution in [-0.2, 0) is 4.79 Å². The average molecular weight is 393 g/mol. The standard InChI is InChI=1S/C23H27N3O3/c1-5-12-29-20-11-10-18(13-21(20)28-4)25-15-23(3)19(22(25)27)14-26(24-23)17-8-6-16(2)7-9-17/h6-11,13-14,24H,5,12,15H2,1-4H3. The van der Waals surface area contributed by atoms with Gasteiger partial charge in [0.05, 0.1) is 37.1 Å².